The third-order valence-electron chi connectivity index (χ3n) is 3.67. The van der Waals surface area contributed by atoms with Crippen LogP contribution < -0.4 is 10.1 Å². The SMILES string of the molecule is COc1cccc(CNC(=O)Cn2nnc(-c3ccc(C)cc3)n2)c1. The molecule has 7 heteroatoms. The Morgan fingerprint density at radius 3 is 2.76 bits per heavy atom. The molecule has 0 atom stereocenters. The van der Waals surface area contributed by atoms with Crippen LogP contribution in [0.5, 0.6) is 5.75 Å². The second kappa shape index (κ2) is 7.57. The van der Waals surface area contributed by atoms with Gasteiger partial charge in [-0.05, 0) is 29.8 Å². The van der Waals surface area contributed by atoms with E-state index in [1.807, 2.05) is 55.5 Å². The molecule has 0 aliphatic heterocycles. The fraction of sp³-hybridized carbons (Fsp3) is 0.222. The summed E-state index contributed by atoms with van der Waals surface area (Å²) in [5.41, 5.74) is 2.99. The van der Waals surface area contributed by atoms with Crippen LogP contribution in [0.25, 0.3) is 11.4 Å². The molecular formula is C18H19N5O2. The number of nitrogens with one attached hydrogen (secondary N) is 1. The number of hydrogen-bond acceptors (Lipinski definition) is 5. The molecule has 1 N–H and O–H groups in total. The summed E-state index contributed by atoms with van der Waals surface area (Å²) in [4.78, 5) is 13.3. The average Bonchev–Trinajstić information content (AvgIpc) is 3.09. The predicted octanol–water partition coefficient (Wildman–Crippen LogP) is 1.97. The van der Waals surface area contributed by atoms with Gasteiger partial charge in [0.25, 0.3) is 0 Å². The molecular weight excluding hydrogens is 318 g/mol. The van der Waals surface area contributed by atoms with Gasteiger partial charge in [-0.3, -0.25) is 4.79 Å². The lowest BCUT2D eigenvalue weighted by Crippen LogP contribution is -2.28. The molecule has 1 aromatic heterocycles. The number of rotatable bonds is 6. The second-order valence-electron chi connectivity index (χ2n) is 5.64. The minimum absolute atomic E-state index is 0.0167. The van der Waals surface area contributed by atoms with E-state index in [-0.39, 0.29) is 12.5 Å². The van der Waals surface area contributed by atoms with E-state index in [9.17, 15) is 4.79 Å². The molecule has 0 aliphatic carbocycles. The molecule has 1 heterocycles. The summed E-state index contributed by atoms with van der Waals surface area (Å²) in [6, 6.07) is 15.4. The molecule has 0 spiro atoms. The smallest absolute Gasteiger partial charge is 0.243 e. The van der Waals surface area contributed by atoms with Crippen LogP contribution in [0.4, 0.5) is 0 Å². The lowest BCUT2D eigenvalue weighted by atomic mass is 10.1. The zero-order chi connectivity index (χ0) is 17.6. The third-order valence-corrected chi connectivity index (χ3v) is 3.67. The largest absolute Gasteiger partial charge is 0.497 e. The first kappa shape index (κ1) is 16.6. The Hall–Kier alpha value is -3.22. The van der Waals surface area contributed by atoms with Crippen molar-refractivity contribution in [2.45, 2.75) is 20.0 Å². The summed E-state index contributed by atoms with van der Waals surface area (Å²) in [6.45, 7) is 2.44. The number of benzene rings is 2. The van der Waals surface area contributed by atoms with Crippen LogP contribution in [0.3, 0.4) is 0 Å². The van der Waals surface area contributed by atoms with Crippen LogP contribution in [-0.4, -0.2) is 33.2 Å². The van der Waals surface area contributed by atoms with Crippen molar-refractivity contribution in [1.29, 1.82) is 0 Å². The molecule has 0 aliphatic rings. The van der Waals surface area contributed by atoms with Gasteiger partial charge in [0.15, 0.2) is 0 Å². The van der Waals surface area contributed by atoms with Crippen molar-refractivity contribution in [3.05, 3.63) is 59.7 Å². The molecule has 0 radical (unpaired) electrons. The molecule has 128 valence electrons. The van der Waals surface area contributed by atoms with Gasteiger partial charge in [-0.25, -0.2) is 0 Å². The van der Waals surface area contributed by atoms with Gasteiger partial charge in [-0.2, -0.15) is 4.80 Å². The zero-order valence-corrected chi connectivity index (χ0v) is 14.1. The number of ether oxygens (including phenoxy) is 1. The molecule has 3 rings (SSSR count). The highest BCUT2D eigenvalue weighted by Crippen LogP contribution is 2.14. The van der Waals surface area contributed by atoms with Gasteiger partial charge in [0.2, 0.25) is 11.7 Å². The molecule has 0 unspecified atom stereocenters. The van der Waals surface area contributed by atoms with Crippen molar-refractivity contribution in [3.63, 3.8) is 0 Å². The molecule has 2 aromatic carbocycles. The van der Waals surface area contributed by atoms with Crippen molar-refractivity contribution in [1.82, 2.24) is 25.5 Å². The van der Waals surface area contributed by atoms with Crippen molar-refractivity contribution in [3.8, 4) is 17.1 Å². The fourth-order valence-electron chi connectivity index (χ4n) is 2.30. The van der Waals surface area contributed by atoms with Crippen LogP contribution in [0.2, 0.25) is 0 Å². The minimum atomic E-state index is -0.185. The lowest BCUT2D eigenvalue weighted by Gasteiger charge is -2.06. The van der Waals surface area contributed by atoms with Gasteiger partial charge in [-0.15, -0.1) is 10.2 Å². The molecule has 3 aromatic rings. The van der Waals surface area contributed by atoms with Gasteiger partial charge in [0, 0.05) is 12.1 Å². The average molecular weight is 337 g/mol. The topological polar surface area (TPSA) is 81.9 Å². The van der Waals surface area contributed by atoms with Crippen molar-refractivity contribution < 1.29 is 9.53 Å². The summed E-state index contributed by atoms with van der Waals surface area (Å²) in [5, 5.41) is 15.0. The number of hydrogen-bond donors (Lipinski definition) is 1. The Morgan fingerprint density at radius 1 is 1.20 bits per heavy atom. The van der Waals surface area contributed by atoms with E-state index in [0.29, 0.717) is 12.4 Å². The van der Waals surface area contributed by atoms with E-state index in [1.54, 1.807) is 7.11 Å². The molecule has 7 nitrogen and oxygen atoms in total. The maximum Gasteiger partial charge on any atom is 0.243 e. The van der Waals surface area contributed by atoms with Crippen LogP contribution >= 0.6 is 0 Å². The summed E-state index contributed by atoms with van der Waals surface area (Å²) in [5.74, 6) is 1.07. The van der Waals surface area contributed by atoms with Gasteiger partial charge in [-0.1, -0.05) is 42.0 Å². The van der Waals surface area contributed by atoms with Gasteiger partial charge in [0.05, 0.1) is 7.11 Å². The van der Waals surface area contributed by atoms with E-state index in [0.717, 1.165) is 22.4 Å². The molecule has 0 bridgehead atoms. The van der Waals surface area contributed by atoms with Gasteiger partial charge < -0.3 is 10.1 Å². The first-order chi connectivity index (χ1) is 12.1. The predicted molar refractivity (Wildman–Crippen MR) is 92.8 cm³/mol. The monoisotopic (exact) mass is 337 g/mol. The Bertz CT molecular complexity index is 858. The summed E-state index contributed by atoms with van der Waals surface area (Å²) < 4.78 is 5.16. The molecule has 25 heavy (non-hydrogen) atoms. The Kier molecular flexibility index (Phi) is 5.03. The number of carbonyl (C=O) groups is 1. The number of nitrogens with zero attached hydrogens (tertiary/aromatic N) is 4. The number of methoxy groups -OCH3 is 1. The number of aromatic nitrogens is 4. The number of amides is 1. The molecule has 0 saturated heterocycles. The standard InChI is InChI=1S/C18H19N5O2/c1-13-6-8-15(9-7-13)18-20-22-23(21-18)12-17(24)19-11-14-4-3-5-16(10-14)25-2/h3-10H,11-12H2,1-2H3,(H,19,24). The summed E-state index contributed by atoms with van der Waals surface area (Å²) >= 11 is 0. The number of carbonyl (C=O) groups excluding carboxylic acids is 1. The van der Waals surface area contributed by atoms with Crippen molar-refractivity contribution in [2.24, 2.45) is 0 Å². The van der Waals surface area contributed by atoms with E-state index >= 15 is 0 Å². The normalized spacial score (nSPS) is 10.5. The Labute approximate surface area is 145 Å². The first-order valence-electron chi connectivity index (χ1n) is 7.88. The lowest BCUT2D eigenvalue weighted by molar-refractivity contribution is -0.122. The van der Waals surface area contributed by atoms with Crippen LogP contribution in [0.1, 0.15) is 11.1 Å². The fourth-order valence-corrected chi connectivity index (χ4v) is 2.30. The maximum absolute atomic E-state index is 12.1. The van der Waals surface area contributed by atoms with E-state index < -0.39 is 0 Å². The highest BCUT2D eigenvalue weighted by Gasteiger charge is 2.09. The highest BCUT2D eigenvalue weighted by molar-refractivity contribution is 5.75. The summed E-state index contributed by atoms with van der Waals surface area (Å²) in [6.07, 6.45) is 0. The minimum Gasteiger partial charge on any atom is -0.497 e. The van der Waals surface area contributed by atoms with E-state index in [1.165, 1.54) is 4.80 Å². The van der Waals surface area contributed by atoms with E-state index in [2.05, 4.69) is 20.7 Å². The quantitative estimate of drug-likeness (QED) is 0.744. The van der Waals surface area contributed by atoms with Crippen molar-refractivity contribution in [2.75, 3.05) is 7.11 Å². The molecule has 0 fully saturated rings. The molecule has 0 saturated carbocycles. The Morgan fingerprint density at radius 2 is 2.00 bits per heavy atom. The summed E-state index contributed by atoms with van der Waals surface area (Å²) in [7, 11) is 1.61. The van der Waals surface area contributed by atoms with Crippen LogP contribution in [0.15, 0.2) is 48.5 Å². The van der Waals surface area contributed by atoms with Gasteiger partial charge in [0.1, 0.15) is 12.3 Å². The zero-order valence-electron chi connectivity index (χ0n) is 14.1. The Balaban J connectivity index is 1.57. The highest BCUT2D eigenvalue weighted by atomic mass is 16.5. The second-order valence-corrected chi connectivity index (χ2v) is 5.64. The first-order valence-corrected chi connectivity index (χ1v) is 7.88. The number of tetrazole rings is 1. The van der Waals surface area contributed by atoms with Crippen LogP contribution in [0, 0.1) is 6.92 Å². The molecule has 1 amide bonds. The van der Waals surface area contributed by atoms with Crippen molar-refractivity contribution >= 4 is 5.91 Å². The van der Waals surface area contributed by atoms with Gasteiger partial charge >= 0.3 is 0 Å². The third kappa shape index (κ3) is 4.41. The maximum atomic E-state index is 12.1. The number of aryl methyl sites for hydroxylation is 1. The van der Waals surface area contributed by atoms with Crippen LogP contribution in [-0.2, 0) is 17.9 Å². The van der Waals surface area contributed by atoms with E-state index in [4.69, 9.17) is 4.74 Å².